The number of rotatable bonds is 10. The molecule has 2 amide bonds. The van der Waals surface area contributed by atoms with Crippen LogP contribution < -0.4 is 14.8 Å². The monoisotopic (exact) mass is 497 g/mol. The summed E-state index contributed by atoms with van der Waals surface area (Å²) >= 11 is 0. The third-order valence-electron chi connectivity index (χ3n) is 5.29. The molecule has 0 aliphatic carbocycles. The zero-order chi connectivity index (χ0) is 25.4. The second-order valence-corrected chi connectivity index (χ2v) is 10.3. The number of sulfonamides is 1. The smallest absolute Gasteiger partial charge is 0.328 e. The first-order chi connectivity index (χ1) is 16.6. The molecule has 3 aromatic rings. The summed E-state index contributed by atoms with van der Waals surface area (Å²) in [7, 11) is -4.01. The Balaban J connectivity index is 1.62. The topological polar surface area (TPSA) is 118 Å². The van der Waals surface area contributed by atoms with E-state index in [1.807, 2.05) is 35.9 Å². The van der Waals surface area contributed by atoms with E-state index in [1.54, 1.807) is 50.5 Å². The normalized spacial score (nSPS) is 13.2. The average molecular weight is 498 g/mol. The fourth-order valence-corrected chi connectivity index (χ4v) is 4.39. The molecule has 0 bridgehead atoms. The van der Waals surface area contributed by atoms with Crippen molar-refractivity contribution in [2.75, 3.05) is 0 Å². The SMILES string of the molecule is CC(C)NC(=O)NS(=O)(=O)c1cccc(-c2ccc(O[C@@H](C)[C@H](O)CCc3cccnc3)cc2)c1. The van der Waals surface area contributed by atoms with E-state index in [0.717, 1.165) is 11.1 Å². The molecule has 0 aliphatic heterocycles. The van der Waals surface area contributed by atoms with Gasteiger partial charge in [0.25, 0.3) is 10.0 Å². The molecular formula is C26H31N3O5S. The van der Waals surface area contributed by atoms with Gasteiger partial charge in [0, 0.05) is 18.4 Å². The third-order valence-corrected chi connectivity index (χ3v) is 6.62. The van der Waals surface area contributed by atoms with Gasteiger partial charge in [-0.1, -0.05) is 30.3 Å². The molecule has 1 aromatic heterocycles. The Morgan fingerprint density at radius 2 is 1.77 bits per heavy atom. The van der Waals surface area contributed by atoms with Gasteiger partial charge < -0.3 is 15.2 Å². The largest absolute Gasteiger partial charge is 0.488 e. The van der Waals surface area contributed by atoms with Gasteiger partial charge >= 0.3 is 6.03 Å². The number of nitrogens with zero attached hydrogens (tertiary/aromatic N) is 1. The molecule has 35 heavy (non-hydrogen) atoms. The molecule has 0 fully saturated rings. The molecule has 0 radical (unpaired) electrons. The zero-order valence-corrected chi connectivity index (χ0v) is 20.8. The summed E-state index contributed by atoms with van der Waals surface area (Å²) in [5, 5.41) is 13.0. The van der Waals surface area contributed by atoms with Crippen LogP contribution in [0.25, 0.3) is 11.1 Å². The van der Waals surface area contributed by atoms with Crippen LogP contribution in [0.3, 0.4) is 0 Å². The summed E-state index contributed by atoms with van der Waals surface area (Å²) in [4.78, 5) is 15.9. The Kier molecular flexibility index (Phi) is 8.84. The van der Waals surface area contributed by atoms with Crippen molar-refractivity contribution in [2.24, 2.45) is 0 Å². The first kappa shape index (κ1) is 26.2. The van der Waals surface area contributed by atoms with Crippen molar-refractivity contribution in [3.63, 3.8) is 0 Å². The fourth-order valence-electron chi connectivity index (χ4n) is 3.43. The number of ether oxygens (including phenoxy) is 1. The van der Waals surface area contributed by atoms with Gasteiger partial charge in [0.1, 0.15) is 11.9 Å². The highest BCUT2D eigenvalue weighted by Crippen LogP contribution is 2.25. The highest BCUT2D eigenvalue weighted by atomic mass is 32.2. The fraction of sp³-hybridized carbons (Fsp3) is 0.308. The summed E-state index contributed by atoms with van der Waals surface area (Å²) in [5.41, 5.74) is 2.52. The number of hydrogen-bond acceptors (Lipinski definition) is 6. The number of pyridine rings is 1. The number of aromatic nitrogens is 1. The number of nitrogens with one attached hydrogen (secondary N) is 2. The van der Waals surface area contributed by atoms with Crippen LogP contribution >= 0.6 is 0 Å². The lowest BCUT2D eigenvalue weighted by atomic mass is 10.0. The number of aliphatic hydroxyl groups excluding tert-OH is 1. The molecule has 0 unspecified atom stereocenters. The number of carbonyl (C=O) groups is 1. The van der Waals surface area contributed by atoms with E-state index >= 15 is 0 Å². The van der Waals surface area contributed by atoms with Crippen molar-refractivity contribution < 1.29 is 23.1 Å². The zero-order valence-electron chi connectivity index (χ0n) is 20.0. The van der Waals surface area contributed by atoms with Gasteiger partial charge in [-0.15, -0.1) is 0 Å². The summed E-state index contributed by atoms with van der Waals surface area (Å²) < 4.78 is 33.1. The minimum absolute atomic E-state index is 0.0143. The van der Waals surface area contributed by atoms with E-state index in [-0.39, 0.29) is 10.9 Å². The van der Waals surface area contributed by atoms with Crippen molar-refractivity contribution in [3.05, 3.63) is 78.6 Å². The van der Waals surface area contributed by atoms with Gasteiger partial charge in [-0.2, -0.15) is 0 Å². The van der Waals surface area contributed by atoms with E-state index < -0.39 is 28.3 Å². The van der Waals surface area contributed by atoms with Crippen LogP contribution in [0.4, 0.5) is 4.79 Å². The summed E-state index contributed by atoms with van der Waals surface area (Å²) in [6.45, 7) is 5.30. The molecule has 2 atom stereocenters. The summed E-state index contributed by atoms with van der Waals surface area (Å²) in [5.74, 6) is 0.595. The molecule has 0 saturated carbocycles. The highest BCUT2D eigenvalue weighted by molar-refractivity contribution is 7.90. The molecule has 0 aliphatic rings. The average Bonchev–Trinajstić information content (AvgIpc) is 2.83. The number of aliphatic hydroxyl groups is 1. The van der Waals surface area contributed by atoms with Crippen molar-refractivity contribution in [1.29, 1.82) is 0 Å². The minimum Gasteiger partial charge on any atom is -0.488 e. The Morgan fingerprint density at radius 3 is 2.43 bits per heavy atom. The molecule has 9 heteroatoms. The van der Waals surface area contributed by atoms with Crippen molar-refractivity contribution >= 4 is 16.1 Å². The van der Waals surface area contributed by atoms with Gasteiger partial charge in [0.2, 0.25) is 0 Å². The Bertz CT molecular complexity index is 1220. The quantitative estimate of drug-likeness (QED) is 0.391. The van der Waals surface area contributed by atoms with Gasteiger partial charge in [-0.25, -0.2) is 17.9 Å². The second-order valence-electron chi connectivity index (χ2n) is 8.58. The van der Waals surface area contributed by atoms with E-state index in [4.69, 9.17) is 4.74 Å². The van der Waals surface area contributed by atoms with Crippen LogP contribution in [0.2, 0.25) is 0 Å². The van der Waals surface area contributed by atoms with Crippen LogP contribution in [0.5, 0.6) is 5.75 Å². The first-order valence-corrected chi connectivity index (χ1v) is 12.9. The van der Waals surface area contributed by atoms with E-state index in [1.165, 1.54) is 12.1 Å². The molecule has 3 N–H and O–H groups in total. The molecule has 186 valence electrons. The van der Waals surface area contributed by atoms with Crippen LogP contribution in [0.15, 0.2) is 78.0 Å². The van der Waals surface area contributed by atoms with Crippen molar-refractivity contribution in [2.45, 2.75) is 56.8 Å². The van der Waals surface area contributed by atoms with Crippen LogP contribution in [-0.2, 0) is 16.4 Å². The lowest BCUT2D eigenvalue weighted by Gasteiger charge is -2.20. The molecule has 8 nitrogen and oxygen atoms in total. The number of benzene rings is 2. The molecule has 1 heterocycles. The summed E-state index contributed by atoms with van der Waals surface area (Å²) in [6.07, 6.45) is 3.71. The minimum atomic E-state index is -4.01. The van der Waals surface area contributed by atoms with Crippen LogP contribution in [-0.4, -0.2) is 42.8 Å². The first-order valence-electron chi connectivity index (χ1n) is 11.4. The van der Waals surface area contributed by atoms with Gasteiger partial charge in [-0.3, -0.25) is 4.98 Å². The van der Waals surface area contributed by atoms with Crippen molar-refractivity contribution in [1.82, 2.24) is 15.0 Å². The Hall–Kier alpha value is -3.43. The van der Waals surface area contributed by atoms with Gasteiger partial charge in [0.15, 0.2) is 0 Å². The van der Waals surface area contributed by atoms with Crippen molar-refractivity contribution in [3.8, 4) is 16.9 Å². The van der Waals surface area contributed by atoms with Crippen LogP contribution in [0, 0.1) is 0 Å². The maximum absolute atomic E-state index is 12.6. The van der Waals surface area contributed by atoms with E-state index in [9.17, 15) is 18.3 Å². The number of carbonyl (C=O) groups excluding carboxylic acids is 1. The number of amides is 2. The molecule has 2 aromatic carbocycles. The molecular weight excluding hydrogens is 466 g/mol. The number of urea groups is 1. The van der Waals surface area contributed by atoms with E-state index in [2.05, 4.69) is 10.3 Å². The maximum Gasteiger partial charge on any atom is 0.328 e. The molecule has 3 rings (SSSR count). The lowest BCUT2D eigenvalue weighted by molar-refractivity contribution is 0.0420. The predicted molar refractivity (Wildman–Crippen MR) is 135 cm³/mol. The number of hydrogen-bond donors (Lipinski definition) is 3. The summed E-state index contributed by atoms with van der Waals surface area (Å²) in [6, 6.07) is 16.4. The Morgan fingerprint density at radius 1 is 1.03 bits per heavy atom. The Labute approximate surface area is 206 Å². The van der Waals surface area contributed by atoms with Gasteiger partial charge in [0.05, 0.1) is 11.0 Å². The maximum atomic E-state index is 12.6. The predicted octanol–water partition coefficient (Wildman–Crippen LogP) is 3.91. The standard InChI is InChI=1S/C26H31N3O5S/c1-18(2)28-26(31)29-35(32,33)24-8-4-7-22(16-24)21-10-12-23(13-11-21)34-19(3)25(30)14-9-20-6-5-15-27-17-20/h4-8,10-13,15-19,25,30H,9,14H2,1-3H3,(H2,28,29,31)/t19-,25+/m0/s1. The molecule has 0 spiro atoms. The third kappa shape index (κ3) is 7.80. The van der Waals surface area contributed by atoms with E-state index in [0.29, 0.717) is 24.2 Å². The second kappa shape index (κ2) is 11.8. The molecule has 0 saturated heterocycles. The number of aryl methyl sites for hydroxylation is 1. The highest BCUT2D eigenvalue weighted by Gasteiger charge is 2.19. The van der Waals surface area contributed by atoms with Gasteiger partial charge in [-0.05, 0) is 80.6 Å². The van der Waals surface area contributed by atoms with Crippen LogP contribution in [0.1, 0.15) is 32.8 Å². The lowest BCUT2D eigenvalue weighted by Crippen LogP contribution is -2.42.